The molecule has 0 aliphatic heterocycles. The fraction of sp³-hybridized carbons (Fsp3) is 0.333. The van der Waals surface area contributed by atoms with Crippen LogP contribution in [0.15, 0.2) is 24.4 Å². The van der Waals surface area contributed by atoms with Crippen LogP contribution in [0, 0.1) is 5.82 Å². The van der Waals surface area contributed by atoms with E-state index in [1.807, 2.05) is 13.8 Å². The first-order valence-corrected chi connectivity index (χ1v) is 6.52. The number of nitrogens with zero attached hydrogens (tertiary/aromatic N) is 3. The monoisotopic (exact) mass is 313 g/mol. The van der Waals surface area contributed by atoms with E-state index in [4.69, 9.17) is 4.74 Å². The van der Waals surface area contributed by atoms with E-state index < -0.39 is 5.82 Å². The third-order valence-corrected chi connectivity index (χ3v) is 2.87. The van der Waals surface area contributed by atoms with Crippen molar-refractivity contribution in [1.82, 2.24) is 15.0 Å². The van der Waals surface area contributed by atoms with Crippen LogP contribution in [-0.4, -0.2) is 21.6 Å². The van der Waals surface area contributed by atoms with Crippen LogP contribution in [0.1, 0.15) is 24.4 Å². The summed E-state index contributed by atoms with van der Waals surface area (Å²) in [6.45, 7) is 4.20. The van der Waals surface area contributed by atoms with Crippen molar-refractivity contribution in [3.05, 3.63) is 35.9 Å². The maximum absolute atomic E-state index is 13.7. The van der Waals surface area contributed by atoms with Gasteiger partial charge in [0.2, 0.25) is 0 Å². The number of hydrogen-bond acceptors (Lipinski definition) is 3. The molecule has 1 heterocycles. The highest BCUT2D eigenvalue weighted by Gasteiger charge is 2.10. The van der Waals surface area contributed by atoms with Gasteiger partial charge in [0, 0.05) is 6.07 Å². The predicted molar refractivity (Wildman–Crippen MR) is 69.8 cm³/mol. The number of benzene rings is 1. The minimum atomic E-state index is -0.404. The number of aromatic nitrogens is 3. The second-order valence-corrected chi connectivity index (χ2v) is 5.13. The number of halogens is 2. The predicted octanol–water partition coefficient (Wildman–Crippen LogP) is 3.26. The number of hydrogen-bond donors (Lipinski definition) is 0. The average molecular weight is 314 g/mol. The standard InChI is InChI=1S/C12H13BrFN3O/c1-3-18-12-5-4-9(6-10(12)14)17-7-11(8(2)13)15-16-17/h4-8H,3H2,1-2H3. The Morgan fingerprint density at radius 3 is 2.83 bits per heavy atom. The molecule has 96 valence electrons. The molecule has 0 fully saturated rings. The summed E-state index contributed by atoms with van der Waals surface area (Å²) in [6, 6.07) is 4.71. The van der Waals surface area contributed by atoms with Gasteiger partial charge in [-0.3, -0.25) is 0 Å². The van der Waals surface area contributed by atoms with Gasteiger partial charge in [-0.1, -0.05) is 21.1 Å². The highest BCUT2D eigenvalue weighted by atomic mass is 79.9. The lowest BCUT2D eigenvalue weighted by Crippen LogP contribution is -1.99. The Balaban J connectivity index is 2.30. The molecule has 2 rings (SSSR count). The van der Waals surface area contributed by atoms with Gasteiger partial charge in [-0.15, -0.1) is 5.10 Å². The van der Waals surface area contributed by atoms with E-state index in [2.05, 4.69) is 26.2 Å². The molecule has 0 radical (unpaired) electrons. The van der Waals surface area contributed by atoms with Gasteiger partial charge in [-0.05, 0) is 26.0 Å². The molecule has 2 aromatic rings. The molecule has 4 nitrogen and oxygen atoms in total. The van der Waals surface area contributed by atoms with Crippen molar-refractivity contribution in [2.45, 2.75) is 18.7 Å². The Hall–Kier alpha value is -1.43. The van der Waals surface area contributed by atoms with Crippen molar-refractivity contribution in [1.29, 1.82) is 0 Å². The summed E-state index contributed by atoms with van der Waals surface area (Å²) in [5.41, 5.74) is 1.41. The molecule has 0 saturated carbocycles. The molecule has 0 amide bonds. The molecule has 0 bridgehead atoms. The number of alkyl halides is 1. The number of rotatable bonds is 4. The zero-order valence-electron chi connectivity index (χ0n) is 10.1. The lowest BCUT2D eigenvalue weighted by Gasteiger charge is -2.06. The first kappa shape index (κ1) is 13.0. The molecule has 0 aliphatic rings. The SMILES string of the molecule is CCOc1ccc(-n2cc(C(C)Br)nn2)cc1F. The third kappa shape index (κ3) is 2.69. The van der Waals surface area contributed by atoms with E-state index >= 15 is 0 Å². The molecule has 0 spiro atoms. The van der Waals surface area contributed by atoms with Crippen LogP contribution >= 0.6 is 15.9 Å². The zero-order valence-corrected chi connectivity index (χ0v) is 11.7. The normalized spacial score (nSPS) is 12.4. The van der Waals surface area contributed by atoms with Crippen molar-refractivity contribution in [2.24, 2.45) is 0 Å². The first-order valence-electron chi connectivity index (χ1n) is 5.61. The van der Waals surface area contributed by atoms with E-state index in [-0.39, 0.29) is 10.6 Å². The van der Waals surface area contributed by atoms with Gasteiger partial charge in [0.15, 0.2) is 11.6 Å². The number of ether oxygens (including phenoxy) is 1. The second kappa shape index (κ2) is 5.48. The van der Waals surface area contributed by atoms with Crippen molar-refractivity contribution in [3.63, 3.8) is 0 Å². The van der Waals surface area contributed by atoms with Gasteiger partial charge >= 0.3 is 0 Å². The molecular weight excluding hydrogens is 301 g/mol. The fourth-order valence-electron chi connectivity index (χ4n) is 1.49. The van der Waals surface area contributed by atoms with Gasteiger partial charge in [0.25, 0.3) is 0 Å². The van der Waals surface area contributed by atoms with E-state index in [0.717, 1.165) is 5.69 Å². The summed E-state index contributed by atoms with van der Waals surface area (Å²) in [5, 5.41) is 7.95. The molecule has 1 unspecified atom stereocenters. The van der Waals surface area contributed by atoms with Crippen LogP contribution in [0.25, 0.3) is 5.69 Å². The van der Waals surface area contributed by atoms with E-state index in [9.17, 15) is 4.39 Å². The molecule has 0 aliphatic carbocycles. The Labute approximate surface area is 113 Å². The quantitative estimate of drug-likeness (QED) is 0.813. The molecule has 18 heavy (non-hydrogen) atoms. The van der Waals surface area contributed by atoms with Gasteiger partial charge in [0.1, 0.15) is 0 Å². The minimum Gasteiger partial charge on any atom is -0.491 e. The molecule has 0 saturated heterocycles. The highest BCUT2D eigenvalue weighted by molar-refractivity contribution is 9.09. The minimum absolute atomic E-state index is 0.110. The highest BCUT2D eigenvalue weighted by Crippen LogP contribution is 2.22. The van der Waals surface area contributed by atoms with Crippen LogP contribution < -0.4 is 4.74 Å². The molecule has 1 aromatic heterocycles. The molecule has 1 aromatic carbocycles. The second-order valence-electron chi connectivity index (χ2n) is 3.75. The summed E-state index contributed by atoms with van der Waals surface area (Å²) in [4.78, 5) is 0.110. The largest absolute Gasteiger partial charge is 0.491 e. The van der Waals surface area contributed by atoms with Crippen LogP contribution in [-0.2, 0) is 0 Å². The summed E-state index contributed by atoms with van der Waals surface area (Å²) in [6.07, 6.45) is 1.76. The van der Waals surface area contributed by atoms with Gasteiger partial charge in [-0.25, -0.2) is 9.07 Å². The lowest BCUT2D eigenvalue weighted by molar-refractivity contribution is 0.321. The van der Waals surface area contributed by atoms with Gasteiger partial charge in [-0.2, -0.15) is 0 Å². The topological polar surface area (TPSA) is 39.9 Å². The van der Waals surface area contributed by atoms with Crippen LogP contribution in [0.5, 0.6) is 5.75 Å². The van der Waals surface area contributed by atoms with E-state index in [0.29, 0.717) is 12.3 Å². The average Bonchev–Trinajstić information content (AvgIpc) is 2.81. The Morgan fingerprint density at radius 2 is 2.28 bits per heavy atom. The van der Waals surface area contributed by atoms with Crippen LogP contribution in [0.4, 0.5) is 4.39 Å². The first-order chi connectivity index (χ1) is 8.61. The van der Waals surface area contributed by atoms with Gasteiger partial charge < -0.3 is 4.74 Å². The summed E-state index contributed by atoms with van der Waals surface area (Å²) in [7, 11) is 0. The summed E-state index contributed by atoms with van der Waals surface area (Å²) in [5.74, 6) is -0.159. The van der Waals surface area contributed by atoms with Crippen LogP contribution in [0.3, 0.4) is 0 Å². The molecule has 1 atom stereocenters. The van der Waals surface area contributed by atoms with Crippen molar-refractivity contribution in [2.75, 3.05) is 6.61 Å². The van der Waals surface area contributed by atoms with Crippen molar-refractivity contribution in [3.8, 4) is 11.4 Å². The van der Waals surface area contributed by atoms with Crippen LogP contribution in [0.2, 0.25) is 0 Å². The van der Waals surface area contributed by atoms with Crippen molar-refractivity contribution >= 4 is 15.9 Å². The zero-order chi connectivity index (χ0) is 13.1. The maximum Gasteiger partial charge on any atom is 0.167 e. The fourth-order valence-corrected chi connectivity index (χ4v) is 1.70. The lowest BCUT2D eigenvalue weighted by atomic mass is 10.3. The molecular formula is C12H13BrFN3O. The maximum atomic E-state index is 13.7. The van der Waals surface area contributed by atoms with Crippen molar-refractivity contribution < 1.29 is 9.13 Å². The molecule has 0 N–H and O–H groups in total. The van der Waals surface area contributed by atoms with E-state index in [1.165, 1.54) is 10.7 Å². The molecule has 6 heteroatoms. The summed E-state index contributed by atoms with van der Waals surface area (Å²) >= 11 is 3.41. The Kier molecular flexibility index (Phi) is 3.96. The third-order valence-electron chi connectivity index (χ3n) is 2.40. The Bertz CT molecular complexity index is 542. The smallest absolute Gasteiger partial charge is 0.167 e. The van der Waals surface area contributed by atoms with E-state index in [1.54, 1.807) is 18.3 Å². The summed E-state index contributed by atoms with van der Waals surface area (Å²) < 4.78 is 20.4. The van der Waals surface area contributed by atoms with Gasteiger partial charge in [0.05, 0.1) is 29.0 Å². The Morgan fingerprint density at radius 1 is 1.50 bits per heavy atom.